The van der Waals surface area contributed by atoms with E-state index in [1.165, 1.54) is 9.58 Å². The Kier molecular flexibility index (Phi) is 3.27. The van der Waals surface area contributed by atoms with Crippen LogP contribution < -0.4 is 0 Å². The molecule has 0 unspecified atom stereocenters. The number of hydrogen-bond acceptors (Lipinski definition) is 4. The number of amides is 1. The van der Waals surface area contributed by atoms with Crippen molar-refractivity contribution in [2.45, 2.75) is 37.6 Å². The molecule has 1 amide bonds. The zero-order chi connectivity index (χ0) is 13.3. The van der Waals surface area contributed by atoms with Crippen molar-refractivity contribution in [1.82, 2.24) is 25.1 Å². The Morgan fingerprint density at radius 1 is 1.44 bits per heavy atom. The maximum absolute atomic E-state index is 13.0. The first-order valence-corrected chi connectivity index (χ1v) is 5.78. The van der Waals surface area contributed by atoms with Crippen molar-refractivity contribution >= 4 is 5.91 Å². The van der Waals surface area contributed by atoms with Gasteiger partial charge in [0.25, 0.3) is 5.91 Å². The van der Waals surface area contributed by atoms with Crippen LogP contribution in [-0.4, -0.2) is 50.0 Å². The van der Waals surface area contributed by atoms with Gasteiger partial charge in [-0.1, -0.05) is 0 Å². The summed E-state index contributed by atoms with van der Waals surface area (Å²) in [7, 11) is 3.17. The van der Waals surface area contributed by atoms with Crippen molar-refractivity contribution in [1.29, 1.82) is 0 Å². The highest BCUT2D eigenvalue weighted by molar-refractivity contribution is 5.90. The lowest BCUT2D eigenvalue weighted by Gasteiger charge is -2.34. The fourth-order valence-electron chi connectivity index (χ4n) is 2.15. The van der Waals surface area contributed by atoms with Gasteiger partial charge in [-0.2, -0.15) is 0 Å². The highest BCUT2D eigenvalue weighted by Crippen LogP contribution is 2.34. The van der Waals surface area contributed by atoms with E-state index in [-0.39, 0.29) is 30.6 Å². The summed E-state index contributed by atoms with van der Waals surface area (Å²) in [5.41, 5.74) is 0. The average molecular weight is 259 g/mol. The number of rotatable bonds is 2. The molecule has 6 nitrogen and oxygen atoms in total. The molecule has 8 heteroatoms. The van der Waals surface area contributed by atoms with Gasteiger partial charge in [0, 0.05) is 33.0 Å². The van der Waals surface area contributed by atoms with Crippen LogP contribution in [0.15, 0.2) is 0 Å². The largest absolute Gasteiger partial charge is 0.336 e. The van der Waals surface area contributed by atoms with Gasteiger partial charge < -0.3 is 4.90 Å². The second-order valence-corrected chi connectivity index (χ2v) is 4.63. The Hall–Kier alpha value is -1.60. The van der Waals surface area contributed by atoms with E-state index in [1.807, 2.05) is 0 Å². The molecule has 100 valence electrons. The molecule has 0 spiro atoms. The first kappa shape index (κ1) is 12.8. The minimum atomic E-state index is -2.59. The quantitative estimate of drug-likeness (QED) is 0.790. The zero-order valence-corrected chi connectivity index (χ0v) is 10.3. The first-order valence-electron chi connectivity index (χ1n) is 5.78. The van der Waals surface area contributed by atoms with E-state index in [9.17, 15) is 13.6 Å². The Bertz CT molecular complexity index is 437. The van der Waals surface area contributed by atoms with Crippen molar-refractivity contribution < 1.29 is 13.6 Å². The summed E-state index contributed by atoms with van der Waals surface area (Å²) in [6, 6.07) is -0.172. The first-order chi connectivity index (χ1) is 8.41. The maximum Gasteiger partial charge on any atom is 0.293 e. The summed E-state index contributed by atoms with van der Waals surface area (Å²) in [6.45, 7) is 0. The van der Waals surface area contributed by atoms with Crippen molar-refractivity contribution in [3.63, 3.8) is 0 Å². The van der Waals surface area contributed by atoms with Crippen LogP contribution in [0.25, 0.3) is 0 Å². The van der Waals surface area contributed by atoms with Crippen LogP contribution in [-0.2, 0) is 7.05 Å². The molecular formula is C10H15F2N5O. The van der Waals surface area contributed by atoms with E-state index in [1.54, 1.807) is 14.1 Å². The smallest absolute Gasteiger partial charge is 0.293 e. The third-order valence-electron chi connectivity index (χ3n) is 3.37. The van der Waals surface area contributed by atoms with Crippen LogP contribution in [0.4, 0.5) is 8.78 Å². The molecule has 1 heterocycles. The maximum atomic E-state index is 13.0. The number of aromatic nitrogens is 4. The molecule has 1 saturated carbocycles. The van der Waals surface area contributed by atoms with Crippen molar-refractivity contribution in [2.24, 2.45) is 7.05 Å². The predicted octanol–water partition coefficient (Wildman–Crippen LogP) is 0.860. The standard InChI is InChI=1S/C10H15F2N5O/c1-16(7-3-5-10(11,12)6-4-7)9(18)8-13-14-15-17(8)2/h7H,3-6H2,1-2H3. The van der Waals surface area contributed by atoms with Crippen LogP contribution in [0.1, 0.15) is 36.3 Å². The third-order valence-corrected chi connectivity index (χ3v) is 3.37. The lowest BCUT2D eigenvalue weighted by Crippen LogP contribution is -2.42. The Morgan fingerprint density at radius 3 is 2.56 bits per heavy atom. The molecule has 2 rings (SSSR count). The van der Waals surface area contributed by atoms with E-state index in [4.69, 9.17) is 0 Å². The van der Waals surface area contributed by atoms with Gasteiger partial charge in [0.05, 0.1) is 0 Å². The van der Waals surface area contributed by atoms with Gasteiger partial charge in [0.15, 0.2) is 0 Å². The summed E-state index contributed by atoms with van der Waals surface area (Å²) in [5.74, 6) is -2.81. The highest BCUT2D eigenvalue weighted by Gasteiger charge is 2.37. The van der Waals surface area contributed by atoms with Crippen molar-refractivity contribution in [3.05, 3.63) is 5.82 Å². The Morgan fingerprint density at radius 2 is 2.06 bits per heavy atom. The van der Waals surface area contributed by atoms with Crippen molar-refractivity contribution in [2.75, 3.05) is 7.05 Å². The second-order valence-electron chi connectivity index (χ2n) is 4.63. The topological polar surface area (TPSA) is 63.9 Å². The summed E-state index contributed by atoms with van der Waals surface area (Å²) < 4.78 is 27.4. The molecule has 1 aromatic rings. The summed E-state index contributed by atoms with van der Waals surface area (Å²) in [5, 5.41) is 10.6. The lowest BCUT2D eigenvalue weighted by atomic mass is 9.91. The third kappa shape index (κ3) is 2.46. The molecule has 0 bridgehead atoms. The molecule has 0 aliphatic heterocycles. The molecule has 18 heavy (non-hydrogen) atoms. The van der Waals surface area contributed by atoms with Gasteiger partial charge in [-0.25, -0.2) is 13.5 Å². The normalized spacial score (nSPS) is 19.8. The molecule has 1 aliphatic carbocycles. The molecule has 0 radical (unpaired) electrons. The molecular weight excluding hydrogens is 244 g/mol. The lowest BCUT2D eigenvalue weighted by molar-refractivity contribution is -0.0491. The monoisotopic (exact) mass is 259 g/mol. The van der Waals surface area contributed by atoms with E-state index >= 15 is 0 Å². The van der Waals surface area contributed by atoms with E-state index in [2.05, 4.69) is 15.5 Å². The van der Waals surface area contributed by atoms with Gasteiger partial charge in [-0.05, 0) is 23.3 Å². The van der Waals surface area contributed by atoms with Crippen LogP contribution in [0.2, 0.25) is 0 Å². The van der Waals surface area contributed by atoms with Crippen LogP contribution in [0, 0.1) is 0 Å². The molecule has 0 aromatic carbocycles. The fourth-order valence-corrected chi connectivity index (χ4v) is 2.15. The highest BCUT2D eigenvalue weighted by atomic mass is 19.3. The van der Waals surface area contributed by atoms with E-state index in [0.717, 1.165) is 0 Å². The molecule has 1 aliphatic rings. The van der Waals surface area contributed by atoms with Crippen LogP contribution in [0.5, 0.6) is 0 Å². The Balaban J connectivity index is 2.02. The summed E-state index contributed by atoms with van der Waals surface area (Å²) >= 11 is 0. The number of carbonyl (C=O) groups is 1. The van der Waals surface area contributed by atoms with Gasteiger partial charge in [-0.3, -0.25) is 4.79 Å². The average Bonchev–Trinajstić information content (AvgIpc) is 2.73. The number of nitrogens with zero attached hydrogens (tertiary/aromatic N) is 5. The summed E-state index contributed by atoms with van der Waals surface area (Å²) in [6.07, 6.45) is 0.264. The molecule has 0 N–H and O–H groups in total. The van der Waals surface area contributed by atoms with E-state index in [0.29, 0.717) is 12.8 Å². The zero-order valence-electron chi connectivity index (χ0n) is 10.3. The SMILES string of the molecule is CN(C(=O)c1nnnn1C)C1CCC(F)(F)CC1. The Labute approximate surface area is 103 Å². The number of carbonyl (C=O) groups excluding carboxylic acids is 1. The van der Waals surface area contributed by atoms with E-state index < -0.39 is 5.92 Å². The number of hydrogen-bond donors (Lipinski definition) is 0. The van der Waals surface area contributed by atoms with Crippen LogP contribution >= 0.6 is 0 Å². The number of alkyl halides is 2. The van der Waals surface area contributed by atoms with Gasteiger partial charge in [0.1, 0.15) is 0 Å². The molecule has 1 fully saturated rings. The number of tetrazole rings is 1. The van der Waals surface area contributed by atoms with Gasteiger partial charge >= 0.3 is 0 Å². The number of halogens is 2. The molecule has 1 aromatic heterocycles. The van der Waals surface area contributed by atoms with Crippen molar-refractivity contribution in [3.8, 4) is 0 Å². The van der Waals surface area contributed by atoms with Gasteiger partial charge in [-0.15, -0.1) is 5.10 Å². The molecule has 0 saturated heterocycles. The minimum Gasteiger partial charge on any atom is -0.336 e. The summed E-state index contributed by atoms with van der Waals surface area (Å²) in [4.78, 5) is 13.5. The molecule has 0 atom stereocenters. The fraction of sp³-hybridized carbons (Fsp3) is 0.800. The minimum absolute atomic E-state index is 0.120. The van der Waals surface area contributed by atoms with Crippen LogP contribution in [0.3, 0.4) is 0 Å². The predicted molar refractivity (Wildman–Crippen MR) is 58.1 cm³/mol. The second kappa shape index (κ2) is 4.58. The number of aryl methyl sites for hydroxylation is 1. The van der Waals surface area contributed by atoms with Gasteiger partial charge in [0.2, 0.25) is 11.7 Å².